The Hall–Kier alpha value is -2.36. The van der Waals surface area contributed by atoms with E-state index in [1.807, 2.05) is 37.4 Å². The number of aromatic amines is 1. The fourth-order valence-corrected chi connectivity index (χ4v) is 3.34. The molecule has 0 radical (unpaired) electrons. The maximum absolute atomic E-state index is 12.9. The summed E-state index contributed by atoms with van der Waals surface area (Å²) < 4.78 is 1.63. The lowest BCUT2D eigenvalue weighted by Gasteiger charge is -2.13. The minimum atomic E-state index is -0.0218. The van der Waals surface area contributed by atoms with Gasteiger partial charge in [0, 0.05) is 17.1 Å². The highest BCUT2D eigenvalue weighted by Crippen LogP contribution is 2.26. The van der Waals surface area contributed by atoms with E-state index in [2.05, 4.69) is 10.1 Å². The summed E-state index contributed by atoms with van der Waals surface area (Å²) in [7, 11) is 0. The lowest BCUT2D eigenvalue weighted by atomic mass is 9.96. The molecule has 0 atom stereocenters. The molecule has 0 fully saturated rings. The lowest BCUT2D eigenvalue weighted by molar-refractivity contribution is 0.0942. The molecule has 1 aliphatic rings. The first-order valence-corrected chi connectivity index (χ1v) is 7.44. The number of hydrogen-bond acceptors (Lipinski definition) is 2. The second-order valence-electron chi connectivity index (χ2n) is 5.68. The summed E-state index contributed by atoms with van der Waals surface area (Å²) in [5.74, 6) is -0.0218. The third kappa shape index (κ3) is 1.82. The van der Waals surface area contributed by atoms with Crippen LogP contribution in [0.4, 0.5) is 0 Å². The van der Waals surface area contributed by atoms with Crippen molar-refractivity contribution in [1.29, 1.82) is 0 Å². The first-order valence-electron chi connectivity index (χ1n) is 7.44. The standard InChI is InChI=1S/C17H17N3O/c1-11-12-5-2-3-8-16(12)20(19-11)17(21)14-6-4-7-15-13(14)9-10-18-15/h4,6-7,9-10,18H,2-3,5,8H2,1H3. The molecule has 1 N–H and O–H groups in total. The smallest absolute Gasteiger partial charge is 0.279 e. The van der Waals surface area contributed by atoms with Crippen molar-refractivity contribution in [3.05, 3.63) is 53.0 Å². The molecule has 0 amide bonds. The maximum atomic E-state index is 12.9. The summed E-state index contributed by atoms with van der Waals surface area (Å²) in [6.45, 7) is 2.00. The first kappa shape index (κ1) is 12.4. The number of aryl methyl sites for hydroxylation is 1. The average molecular weight is 279 g/mol. The minimum Gasteiger partial charge on any atom is -0.361 e. The van der Waals surface area contributed by atoms with Crippen molar-refractivity contribution in [1.82, 2.24) is 14.8 Å². The Kier molecular flexibility index (Phi) is 2.70. The van der Waals surface area contributed by atoms with Gasteiger partial charge in [0.05, 0.1) is 17.0 Å². The monoisotopic (exact) mass is 279 g/mol. The molecule has 4 heteroatoms. The van der Waals surface area contributed by atoms with E-state index in [4.69, 9.17) is 0 Å². The van der Waals surface area contributed by atoms with E-state index in [1.54, 1.807) is 4.68 Å². The highest BCUT2D eigenvalue weighted by Gasteiger charge is 2.23. The Morgan fingerprint density at radius 1 is 1.24 bits per heavy atom. The van der Waals surface area contributed by atoms with Gasteiger partial charge in [-0.1, -0.05) is 6.07 Å². The van der Waals surface area contributed by atoms with E-state index < -0.39 is 0 Å². The largest absolute Gasteiger partial charge is 0.361 e. The molecule has 0 saturated carbocycles. The van der Waals surface area contributed by atoms with Crippen LogP contribution >= 0.6 is 0 Å². The van der Waals surface area contributed by atoms with Crippen LogP contribution in [0.25, 0.3) is 10.9 Å². The maximum Gasteiger partial charge on any atom is 0.279 e. The van der Waals surface area contributed by atoms with Crippen molar-refractivity contribution in [2.24, 2.45) is 0 Å². The van der Waals surface area contributed by atoms with Crippen LogP contribution in [0.5, 0.6) is 0 Å². The predicted octanol–water partition coefficient (Wildman–Crippen LogP) is 3.24. The minimum absolute atomic E-state index is 0.0218. The van der Waals surface area contributed by atoms with E-state index in [-0.39, 0.29) is 5.91 Å². The van der Waals surface area contributed by atoms with E-state index in [1.165, 1.54) is 12.0 Å². The van der Waals surface area contributed by atoms with Crippen LogP contribution in [-0.2, 0) is 12.8 Å². The number of rotatable bonds is 1. The molecule has 3 aromatic rings. The van der Waals surface area contributed by atoms with E-state index in [0.717, 1.165) is 41.6 Å². The normalized spacial score (nSPS) is 14.3. The van der Waals surface area contributed by atoms with E-state index >= 15 is 0 Å². The average Bonchev–Trinajstić information content (AvgIpc) is 3.11. The SMILES string of the molecule is Cc1nn(C(=O)c2cccc3[nH]ccc23)c2c1CCCC2. The number of nitrogens with one attached hydrogen (secondary N) is 1. The van der Waals surface area contributed by atoms with Gasteiger partial charge >= 0.3 is 0 Å². The number of nitrogens with zero attached hydrogens (tertiary/aromatic N) is 2. The topological polar surface area (TPSA) is 50.7 Å². The summed E-state index contributed by atoms with van der Waals surface area (Å²) in [5, 5.41) is 5.48. The van der Waals surface area contributed by atoms with Crippen LogP contribution in [0, 0.1) is 6.92 Å². The molecule has 106 valence electrons. The number of hydrogen-bond donors (Lipinski definition) is 1. The third-order valence-corrected chi connectivity index (χ3v) is 4.40. The van der Waals surface area contributed by atoms with Crippen LogP contribution in [0.1, 0.15) is 40.2 Å². The van der Waals surface area contributed by atoms with Crippen LogP contribution in [-0.4, -0.2) is 20.7 Å². The highest BCUT2D eigenvalue weighted by atomic mass is 16.2. The zero-order valence-electron chi connectivity index (χ0n) is 12.0. The number of benzene rings is 1. The van der Waals surface area contributed by atoms with Crippen LogP contribution < -0.4 is 0 Å². The molecule has 21 heavy (non-hydrogen) atoms. The second kappa shape index (κ2) is 4.58. The van der Waals surface area contributed by atoms with Crippen LogP contribution in [0.2, 0.25) is 0 Å². The van der Waals surface area contributed by atoms with Crippen molar-refractivity contribution in [3.63, 3.8) is 0 Å². The van der Waals surface area contributed by atoms with Crippen molar-refractivity contribution in [2.75, 3.05) is 0 Å². The van der Waals surface area contributed by atoms with Gasteiger partial charge in [-0.3, -0.25) is 4.79 Å². The van der Waals surface area contributed by atoms with Gasteiger partial charge in [0.25, 0.3) is 5.91 Å². The third-order valence-electron chi connectivity index (χ3n) is 4.40. The fourth-order valence-electron chi connectivity index (χ4n) is 3.34. The quantitative estimate of drug-likeness (QED) is 0.743. The summed E-state index contributed by atoms with van der Waals surface area (Å²) in [6, 6.07) is 7.72. The van der Waals surface area contributed by atoms with E-state index in [0.29, 0.717) is 5.56 Å². The molecule has 4 rings (SSSR count). The number of carbonyl (C=O) groups excluding carboxylic acids is 1. The Morgan fingerprint density at radius 3 is 3.00 bits per heavy atom. The number of fused-ring (bicyclic) bond motifs is 2. The summed E-state index contributed by atoms with van der Waals surface area (Å²) in [5.41, 5.74) is 5.08. The molecule has 1 aromatic carbocycles. The molecular weight excluding hydrogens is 262 g/mol. The molecule has 1 aliphatic carbocycles. The number of carbonyl (C=O) groups is 1. The summed E-state index contributed by atoms with van der Waals surface area (Å²) in [4.78, 5) is 16.1. The predicted molar refractivity (Wildman–Crippen MR) is 81.6 cm³/mol. The van der Waals surface area contributed by atoms with E-state index in [9.17, 15) is 4.79 Å². The highest BCUT2D eigenvalue weighted by molar-refractivity contribution is 6.07. The molecular formula is C17H17N3O. The second-order valence-corrected chi connectivity index (χ2v) is 5.68. The molecule has 2 aromatic heterocycles. The van der Waals surface area contributed by atoms with Crippen molar-refractivity contribution in [2.45, 2.75) is 32.6 Å². The van der Waals surface area contributed by atoms with Gasteiger partial charge in [0.15, 0.2) is 0 Å². The van der Waals surface area contributed by atoms with Crippen LogP contribution in [0.3, 0.4) is 0 Å². The summed E-state index contributed by atoms with van der Waals surface area (Å²) in [6.07, 6.45) is 6.19. The number of aromatic nitrogens is 3. The van der Waals surface area contributed by atoms with Gasteiger partial charge in [-0.15, -0.1) is 0 Å². The molecule has 0 spiro atoms. The zero-order valence-corrected chi connectivity index (χ0v) is 12.0. The van der Waals surface area contributed by atoms with Gasteiger partial charge in [-0.05, 0) is 56.4 Å². The van der Waals surface area contributed by atoms with Crippen molar-refractivity contribution in [3.8, 4) is 0 Å². The van der Waals surface area contributed by atoms with Gasteiger partial charge in [0.1, 0.15) is 0 Å². The van der Waals surface area contributed by atoms with Crippen molar-refractivity contribution >= 4 is 16.8 Å². The number of H-pyrrole nitrogens is 1. The van der Waals surface area contributed by atoms with Gasteiger partial charge in [-0.2, -0.15) is 5.10 Å². The summed E-state index contributed by atoms with van der Waals surface area (Å²) >= 11 is 0. The molecule has 2 heterocycles. The lowest BCUT2D eigenvalue weighted by Crippen LogP contribution is -2.18. The molecule has 4 nitrogen and oxygen atoms in total. The van der Waals surface area contributed by atoms with Crippen molar-refractivity contribution < 1.29 is 4.79 Å². The molecule has 0 saturated heterocycles. The van der Waals surface area contributed by atoms with Gasteiger partial charge in [0.2, 0.25) is 0 Å². The molecule has 0 aliphatic heterocycles. The van der Waals surface area contributed by atoms with Gasteiger partial charge in [-0.25, -0.2) is 4.68 Å². The first-order chi connectivity index (χ1) is 10.3. The Balaban J connectivity index is 1.87. The Labute approximate surface area is 122 Å². The molecule has 0 bridgehead atoms. The Morgan fingerprint density at radius 2 is 2.10 bits per heavy atom. The zero-order chi connectivity index (χ0) is 14.4. The molecule has 0 unspecified atom stereocenters. The Bertz CT molecular complexity index is 841. The fraction of sp³-hybridized carbons (Fsp3) is 0.294. The van der Waals surface area contributed by atoms with Gasteiger partial charge < -0.3 is 4.98 Å². The van der Waals surface area contributed by atoms with Crippen LogP contribution in [0.15, 0.2) is 30.5 Å².